The zero-order chi connectivity index (χ0) is 20.7. The number of carbonyl (C=O) groups is 3. The Morgan fingerprint density at radius 2 is 1.93 bits per heavy atom. The van der Waals surface area contributed by atoms with Crippen LogP contribution in [-0.2, 0) is 14.3 Å². The van der Waals surface area contributed by atoms with Gasteiger partial charge in [-0.25, -0.2) is 0 Å². The van der Waals surface area contributed by atoms with Crippen LogP contribution in [-0.4, -0.2) is 47.7 Å². The van der Waals surface area contributed by atoms with Crippen LogP contribution < -0.4 is 0 Å². The topological polar surface area (TPSA) is 107 Å². The second-order valence-corrected chi connectivity index (χ2v) is 6.64. The number of methoxy groups -OCH3 is 1. The molecule has 2 rings (SSSR count). The maximum atomic E-state index is 12.7. The first-order valence-corrected chi connectivity index (χ1v) is 9.17. The molecule has 0 atom stereocenters. The highest BCUT2D eigenvalue weighted by molar-refractivity contribution is 5.95. The number of rotatable bonds is 7. The molecule has 0 aliphatic carbocycles. The Kier molecular flexibility index (Phi) is 7.43. The molecule has 0 spiro atoms. The molecule has 8 heteroatoms. The first-order chi connectivity index (χ1) is 13.4. The van der Waals surface area contributed by atoms with Crippen LogP contribution in [0.1, 0.15) is 48.5 Å². The van der Waals surface area contributed by atoms with E-state index >= 15 is 0 Å². The number of amides is 1. The van der Waals surface area contributed by atoms with Crippen molar-refractivity contribution in [3.8, 4) is 0 Å². The summed E-state index contributed by atoms with van der Waals surface area (Å²) in [5, 5.41) is 11.3. The van der Waals surface area contributed by atoms with Crippen molar-refractivity contribution in [1.82, 2.24) is 4.90 Å². The molecular formula is C20H24N2O6. The van der Waals surface area contributed by atoms with E-state index in [2.05, 4.69) is 4.74 Å². The van der Waals surface area contributed by atoms with Gasteiger partial charge in [-0.15, -0.1) is 0 Å². The van der Waals surface area contributed by atoms with E-state index in [1.165, 1.54) is 13.2 Å². The third-order valence-corrected chi connectivity index (χ3v) is 4.86. The lowest BCUT2D eigenvalue weighted by atomic mass is 9.90. The molecule has 0 bridgehead atoms. The lowest BCUT2D eigenvalue weighted by Gasteiger charge is -2.31. The molecule has 8 nitrogen and oxygen atoms in total. The van der Waals surface area contributed by atoms with Crippen LogP contribution in [0.15, 0.2) is 24.3 Å². The number of nitro benzene ring substituents is 1. The van der Waals surface area contributed by atoms with E-state index in [9.17, 15) is 24.5 Å². The maximum Gasteiger partial charge on any atom is 0.305 e. The Morgan fingerprint density at radius 3 is 2.50 bits per heavy atom. The van der Waals surface area contributed by atoms with Crippen LogP contribution in [0.3, 0.4) is 0 Å². The number of esters is 1. The van der Waals surface area contributed by atoms with Crippen LogP contribution in [0.4, 0.5) is 5.69 Å². The van der Waals surface area contributed by atoms with E-state index < -0.39 is 10.9 Å². The molecule has 1 aliphatic rings. The third-order valence-electron chi connectivity index (χ3n) is 4.86. The quantitative estimate of drug-likeness (QED) is 0.404. The second-order valence-electron chi connectivity index (χ2n) is 6.64. The number of hydrogen-bond donors (Lipinski definition) is 0. The first-order valence-electron chi connectivity index (χ1n) is 9.17. The maximum absolute atomic E-state index is 12.7. The molecule has 0 unspecified atom stereocenters. The fourth-order valence-electron chi connectivity index (χ4n) is 3.27. The summed E-state index contributed by atoms with van der Waals surface area (Å²) in [4.78, 5) is 48.4. The molecule has 1 aliphatic heterocycles. The molecular weight excluding hydrogens is 364 g/mol. The van der Waals surface area contributed by atoms with Gasteiger partial charge in [0.1, 0.15) is 5.78 Å². The van der Waals surface area contributed by atoms with Gasteiger partial charge in [-0.05, 0) is 31.9 Å². The normalized spacial score (nSPS) is 14.9. The van der Waals surface area contributed by atoms with Gasteiger partial charge in [0.2, 0.25) is 0 Å². The zero-order valence-corrected chi connectivity index (χ0v) is 16.1. The highest BCUT2D eigenvalue weighted by Gasteiger charge is 2.28. The number of Topliss-reactive ketones (excluding diaryl/α,β-unsaturated/α-hetero) is 1. The third kappa shape index (κ3) is 5.25. The summed E-state index contributed by atoms with van der Waals surface area (Å²) in [6, 6.07) is 4.44. The molecule has 0 radical (unpaired) electrons. The molecule has 1 aromatic carbocycles. The van der Waals surface area contributed by atoms with Crippen molar-refractivity contribution in [3.05, 3.63) is 45.5 Å². The van der Waals surface area contributed by atoms with Crippen LogP contribution in [0.5, 0.6) is 0 Å². The first kappa shape index (κ1) is 21.3. The highest BCUT2D eigenvalue weighted by Crippen LogP contribution is 2.25. The van der Waals surface area contributed by atoms with E-state index in [4.69, 9.17) is 0 Å². The van der Waals surface area contributed by atoms with Crippen molar-refractivity contribution in [2.24, 2.45) is 5.92 Å². The van der Waals surface area contributed by atoms with Crippen molar-refractivity contribution in [1.29, 1.82) is 0 Å². The minimum atomic E-state index is -0.502. The van der Waals surface area contributed by atoms with Gasteiger partial charge in [0.05, 0.1) is 24.0 Å². The van der Waals surface area contributed by atoms with Gasteiger partial charge in [0.25, 0.3) is 11.6 Å². The van der Waals surface area contributed by atoms with Crippen molar-refractivity contribution >= 4 is 29.4 Å². The summed E-state index contributed by atoms with van der Waals surface area (Å²) in [6.07, 6.45) is 4.57. The minimum Gasteiger partial charge on any atom is -0.469 e. The van der Waals surface area contributed by atoms with Crippen LogP contribution in [0.25, 0.3) is 6.08 Å². The van der Waals surface area contributed by atoms with Gasteiger partial charge in [-0.2, -0.15) is 0 Å². The SMILES string of the molecule is C/C=C/c1ccc(C(=O)N2CCC(C(=O)CCC(=O)OC)CC2)cc1[N+](=O)[O-]. The Labute approximate surface area is 163 Å². The molecule has 28 heavy (non-hydrogen) atoms. The Balaban J connectivity index is 2.00. The molecule has 0 saturated carbocycles. The summed E-state index contributed by atoms with van der Waals surface area (Å²) in [7, 11) is 1.28. The predicted molar refractivity (Wildman–Crippen MR) is 103 cm³/mol. The standard InChI is InChI=1S/C20H24N2O6/c1-3-4-14-5-6-16(13-17(14)22(26)27)20(25)21-11-9-15(10-12-21)18(23)7-8-19(24)28-2/h3-6,13,15H,7-12H2,1-2H3/b4-3+. The van der Waals surface area contributed by atoms with Crippen LogP contribution in [0.2, 0.25) is 0 Å². The Morgan fingerprint density at radius 1 is 1.25 bits per heavy atom. The number of ketones is 1. The fourth-order valence-corrected chi connectivity index (χ4v) is 3.27. The van der Waals surface area contributed by atoms with Gasteiger partial charge in [0, 0.05) is 37.1 Å². The summed E-state index contributed by atoms with van der Waals surface area (Å²) >= 11 is 0. The number of allylic oxidation sites excluding steroid dienone is 1. The number of carbonyl (C=O) groups excluding carboxylic acids is 3. The number of likely N-dealkylation sites (tertiary alicyclic amines) is 1. The van der Waals surface area contributed by atoms with Gasteiger partial charge in [-0.1, -0.05) is 12.2 Å². The zero-order valence-electron chi connectivity index (χ0n) is 16.1. The summed E-state index contributed by atoms with van der Waals surface area (Å²) in [5.74, 6) is -0.872. The molecule has 1 amide bonds. The largest absolute Gasteiger partial charge is 0.469 e. The lowest BCUT2D eigenvalue weighted by molar-refractivity contribution is -0.385. The van der Waals surface area contributed by atoms with E-state index in [-0.39, 0.29) is 41.7 Å². The predicted octanol–water partition coefficient (Wildman–Crippen LogP) is 3.00. The van der Waals surface area contributed by atoms with E-state index in [1.807, 2.05) is 0 Å². The van der Waals surface area contributed by atoms with Crippen molar-refractivity contribution in [2.45, 2.75) is 32.6 Å². The average Bonchev–Trinajstić information content (AvgIpc) is 2.71. The molecule has 0 aromatic heterocycles. The molecule has 0 N–H and O–H groups in total. The summed E-state index contributed by atoms with van der Waals surface area (Å²) in [5.41, 5.74) is 0.589. The minimum absolute atomic E-state index is 0.00356. The summed E-state index contributed by atoms with van der Waals surface area (Å²) in [6.45, 7) is 2.56. The Bertz CT molecular complexity index is 794. The van der Waals surface area contributed by atoms with Gasteiger partial charge in [0.15, 0.2) is 0 Å². The molecule has 1 heterocycles. The second kappa shape index (κ2) is 9.77. The lowest BCUT2D eigenvalue weighted by Crippen LogP contribution is -2.40. The molecule has 1 fully saturated rings. The van der Waals surface area contributed by atoms with Gasteiger partial charge in [-0.3, -0.25) is 24.5 Å². The van der Waals surface area contributed by atoms with Crippen molar-refractivity contribution in [3.63, 3.8) is 0 Å². The van der Waals surface area contributed by atoms with Crippen molar-refractivity contribution < 1.29 is 24.0 Å². The van der Waals surface area contributed by atoms with Crippen LogP contribution in [0, 0.1) is 16.0 Å². The highest BCUT2D eigenvalue weighted by atomic mass is 16.6. The smallest absolute Gasteiger partial charge is 0.305 e. The van der Waals surface area contributed by atoms with Gasteiger partial charge < -0.3 is 9.64 Å². The van der Waals surface area contributed by atoms with Crippen LogP contribution >= 0.6 is 0 Å². The monoisotopic (exact) mass is 388 g/mol. The number of nitro groups is 1. The fraction of sp³-hybridized carbons (Fsp3) is 0.450. The van der Waals surface area contributed by atoms with Gasteiger partial charge >= 0.3 is 5.97 Å². The number of ether oxygens (including phenoxy) is 1. The van der Waals surface area contributed by atoms with E-state index in [0.717, 1.165) is 0 Å². The summed E-state index contributed by atoms with van der Waals surface area (Å²) < 4.78 is 4.54. The Hall–Kier alpha value is -3.03. The molecule has 1 aromatic rings. The number of piperidine rings is 1. The molecule has 150 valence electrons. The number of nitrogens with zero attached hydrogens (tertiary/aromatic N) is 2. The van der Waals surface area contributed by atoms with E-state index in [0.29, 0.717) is 31.5 Å². The molecule has 1 saturated heterocycles. The number of hydrogen-bond acceptors (Lipinski definition) is 6. The number of benzene rings is 1. The van der Waals surface area contributed by atoms with Crippen molar-refractivity contribution in [2.75, 3.05) is 20.2 Å². The average molecular weight is 388 g/mol. The van der Waals surface area contributed by atoms with E-state index in [1.54, 1.807) is 36.1 Å².